The number of carbonyl (C=O) groups excluding carboxylic acids is 1. The van der Waals surface area contributed by atoms with E-state index in [-0.39, 0.29) is 31.1 Å². The number of hydrogen-bond acceptors (Lipinski definition) is 8. The maximum Gasteiger partial charge on any atom is 0.161 e. The van der Waals surface area contributed by atoms with Crippen LogP contribution in [0.25, 0.3) is 0 Å². The van der Waals surface area contributed by atoms with Crippen LogP contribution in [0.15, 0.2) is 42.5 Å². The number of methoxy groups -OCH3 is 2. The van der Waals surface area contributed by atoms with Crippen molar-refractivity contribution in [2.75, 3.05) is 53.7 Å². The van der Waals surface area contributed by atoms with Crippen LogP contribution in [-0.4, -0.2) is 75.6 Å². The summed E-state index contributed by atoms with van der Waals surface area (Å²) in [6.07, 6.45) is 1.88. The molecule has 2 heterocycles. The molecule has 1 fully saturated rings. The summed E-state index contributed by atoms with van der Waals surface area (Å²) in [7, 11) is 3.33. The maximum absolute atomic E-state index is 13.0. The fourth-order valence-corrected chi connectivity index (χ4v) is 4.96. The highest BCUT2D eigenvalue weighted by atomic mass is 16.6. The smallest absolute Gasteiger partial charge is 0.161 e. The number of benzene rings is 2. The molecule has 0 unspecified atom stereocenters. The van der Waals surface area contributed by atoms with Gasteiger partial charge in [0.1, 0.15) is 30.5 Å². The SMILES string of the molecule is COC[C@@H]1CCCN1C[C@@H](CC(=O)CCOc1ccc(OC)cc1)[C@@H](O)c1ccc2c(c1)OCCO2. The predicted molar refractivity (Wildman–Crippen MR) is 135 cm³/mol. The Hall–Kier alpha value is -2.81. The zero-order chi connectivity index (χ0) is 25.3. The van der Waals surface area contributed by atoms with Gasteiger partial charge in [-0.25, -0.2) is 0 Å². The number of ketones is 1. The lowest BCUT2D eigenvalue weighted by atomic mass is 9.89. The number of hydrogen-bond donors (Lipinski definition) is 1. The molecule has 8 nitrogen and oxygen atoms in total. The van der Waals surface area contributed by atoms with Gasteiger partial charge in [-0.3, -0.25) is 9.69 Å². The summed E-state index contributed by atoms with van der Waals surface area (Å²) in [5, 5.41) is 11.4. The Labute approximate surface area is 213 Å². The van der Waals surface area contributed by atoms with E-state index < -0.39 is 6.10 Å². The second-order valence-electron chi connectivity index (χ2n) is 9.37. The van der Waals surface area contributed by atoms with E-state index >= 15 is 0 Å². The van der Waals surface area contributed by atoms with Crippen molar-refractivity contribution in [3.63, 3.8) is 0 Å². The molecule has 196 valence electrons. The van der Waals surface area contributed by atoms with Crippen molar-refractivity contribution in [1.29, 1.82) is 0 Å². The van der Waals surface area contributed by atoms with E-state index in [0.717, 1.165) is 30.7 Å². The molecule has 0 radical (unpaired) electrons. The Morgan fingerprint density at radius 2 is 1.83 bits per heavy atom. The molecule has 0 amide bonds. The van der Waals surface area contributed by atoms with Crippen molar-refractivity contribution in [2.45, 2.75) is 37.8 Å². The number of aliphatic hydroxyl groups excluding tert-OH is 1. The molecule has 2 aliphatic heterocycles. The minimum absolute atomic E-state index is 0.0626. The highest BCUT2D eigenvalue weighted by Gasteiger charge is 2.32. The quantitative estimate of drug-likeness (QED) is 0.447. The molecule has 0 aromatic heterocycles. The van der Waals surface area contributed by atoms with Gasteiger partial charge < -0.3 is 28.8 Å². The van der Waals surface area contributed by atoms with E-state index in [9.17, 15) is 9.90 Å². The first kappa shape index (κ1) is 26.3. The number of fused-ring (bicyclic) bond motifs is 1. The Morgan fingerprint density at radius 3 is 2.58 bits per heavy atom. The first-order valence-corrected chi connectivity index (χ1v) is 12.7. The molecule has 4 rings (SSSR count). The summed E-state index contributed by atoms with van der Waals surface area (Å²) in [6, 6.07) is 13.1. The van der Waals surface area contributed by atoms with Gasteiger partial charge in [0.2, 0.25) is 0 Å². The van der Waals surface area contributed by atoms with Gasteiger partial charge in [-0.1, -0.05) is 6.07 Å². The lowest BCUT2D eigenvalue weighted by Gasteiger charge is -2.31. The van der Waals surface area contributed by atoms with Crippen LogP contribution >= 0.6 is 0 Å². The van der Waals surface area contributed by atoms with Crippen molar-refractivity contribution in [1.82, 2.24) is 4.90 Å². The molecule has 0 spiro atoms. The van der Waals surface area contributed by atoms with Crippen LogP contribution in [0.4, 0.5) is 0 Å². The number of nitrogens with zero attached hydrogens (tertiary/aromatic N) is 1. The van der Waals surface area contributed by atoms with E-state index in [1.165, 1.54) is 0 Å². The fourth-order valence-electron chi connectivity index (χ4n) is 4.96. The second kappa shape index (κ2) is 12.9. The van der Waals surface area contributed by atoms with Crippen molar-refractivity contribution < 1.29 is 33.6 Å². The molecule has 2 aromatic rings. The zero-order valence-electron chi connectivity index (χ0n) is 21.2. The number of ether oxygens (including phenoxy) is 5. The van der Waals surface area contributed by atoms with E-state index in [1.807, 2.05) is 42.5 Å². The fraction of sp³-hybridized carbons (Fsp3) is 0.536. The molecule has 0 saturated carbocycles. The minimum Gasteiger partial charge on any atom is -0.497 e. The second-order valence-corrected chi connectivity index (χ2v) is 9.37. The Bertz CT molecular complexity index is 980. The summed E-state index contributed by atoms with van der Waals surface area (Å²) in [4.78, 5) is 15.3. The van der Waals surface area contributed by atoms with Crippen LogP contribution in [0, 0.1) is 5.92 Å². The van der Waals surface area contributed by atoms with E-state index in [0.29, 0.717) is 49.7 Å². The first-order valence-electron chi connectivity index (χ1n) is 12.7. The molecule has 1 saturated heterocycles. The van der Waals surface area contributed by atoms with Gasteiger partial charge in [0.05, 0.1) is 26.4 Å². The highest BCUT2D eigenvalue weighted by Crippen LogP contribution is 2.36. The number of rotatable bonds is 13. The molecular formula is C28H37NO7. The van der Waals surface area contributed by atoms with E-state index in [1.54, 1.807) is 14.2 Å². The lowest BCUT2D eigenvalue weighted by molar-refractivity contribution is -0.121. The molecule has 0 bridgehead atoms. The van der Waals surface area contributed by atoms with Crippen LogP contribution < -0.4 is 18.9 Å². The van der Waals surface area contributed by atoms with Gasteiger partial charge in [0.25, 0.3) is 0 Å². The molecule has 1 N–H and O–H groups in total. The Kier molecular flexibility index (Phi) is 9.44. The van der Waals surface area contributed by atoms with Crippen LogP contribution in [0.3, 0.4) is 0 Å². The number of aliphatic hydroxyl groups is 1. The molecule has 2 aromatic carbocycles. The summed E-state index contributed by atoms with van der Waals surface area (Å²) in [6.45, 7) is 3.49. The van der Waals surface area contributed by atoms with Crippen LogP contribution in [-0.2, 0) is 9.53 Å². The van der Waals surface area contributed by atoms with Gasteiger partial charge in [0.15, 0.2) is 11.5 Å². The average Bonchev–Trinajstić information content (AvgIpc) is 3.34. The van der Waals surface area contributed by atoms with E-state index in [4.69, 9.17) is 23.7 Å². The van der Waals surface area contributed by atoms with Gasteiger partial charge in [-0.15, -0.1) is 0 Å². The van der Waals surface area contributed by atoms with Crippen molar-refractivity contribution in [2.24, 2.45) is 5.92 Å². The van der Waals surface area contributed by atoms with Gasteiger partial charge in [-0.2, -0.15) is 0 Å². The minimum atomic E-state index is -0.809. The Balaban J connectivity index is 1.40. The van der Waals surface area contributed by atoms with Crippen LogP contribution in [0.2, 0.25) is 0 Å². The van der Waals surface area contributed by atoms with Crippen molar-refractivity contribution in [3.8, 4) is 23.0 Å². The lowest BCUT2D eigenvalue weighted by Crippen LogP contribution is -2.39. The first-order chi connectivity index (χ1) is 17.6. The molecule has 2 aliphatic rings. The molecule has 36 heavy (non-hydrogen) atoms. The summed E-state index contributed by atoms with van der Waals surface area (Å²) < 4.78 is 27.7. The number of carbonyl (C=O) groups is 1. The molecule has 0 aliphatic carbocycles. The van der Waals surface area contributed by atoms with Gasteiger partial charge in [0, 0.05) is 38.5 Å². The molecule has 8 heteroatoms. The van der Waals surface area contributed by atoms with Crippen LogP contribution in [0.5, 0.6) is 23.0 Å². The molecule has 3 atom stereocenters. The van der Waals surface area contributed by atoms with E-state index in [2.05, 4.69) is 4.90 Å². The molecular weight excluding hydrogens is 462 g/mol. The van der Waals surface area contributed by atoms with Crippen molar-refractivity contribution in [3.05, 3.63) is 48.0 Å². The summed E-state index contributed by atoms with van der Waals surface area (Å²) in [5.74, 6) is 2.56. The number of likely N-dealkylation sites (tertiary alicyclic amines) is 1. The zero-order valence-corrected chi connectivity index (χ0v) is 21.2. The third kappa shape index (κ3) is 6.90. The van der Waals surface area contributed by atoms with Gasteiger partial charge >= 0.3 is 0 Å². The third-order valence-electron chi connectivity index (χ3n) is 6.88. The van der Waals surface area contributed by atoms with Crippen molar-refractivity contribution >= 4 is 5.78 Å². The van der Waals surface area contributed by atoms with Crippen LogP contribution in [0.1, 0.15) is 37.4 Å². The van der Waals surface area contributed by atoms with Gasteiger partial charge in [-0.05, 0) is 61.3 Å². The average molecular weight is 500 g/mol. The normalized spacial score (nSPS) is 19.0. The maximum atomic E-state index is 13.0. The summed E-state index contributed by atoms with van der Waals surface area (Å²) >= 11 is 0. The largest absolute Gasteiger partial charge is 0.497 e. The monoisotopic (exact) mass is 499 g/mol. The predicted octanol–water partition coefficient (Wildman–Crippen LogP) is 3.66. The Morgan fingerprint density at radius 1 is 1.08 bits per heavy atom. The summed E-state index contributed by atoms with van der Waals surface area (Å²) in [5.41, 5.74) is 0.731. The number of Topliss-reactive ketones (excluding diaryl/α,β-unsaturated/α-hetero) is 1. The topological polar surface area (TPSA) is 86.7 Å². The highest BCUT2D eigenvalue weighted by molar-refractivity contribution is 5.78. The standard InChI is InChI=1S/C28H37NO7/c1-32-19-22-4-3-12-29(22)18-21(28(31)20-5-10-26-27(17-20)36-15-14-35-26)16-23(30)11-13-34-25-8-6-24(33-2)7-9-25/h5-10,17,21-22,28,31H,3-4,11-16,18-19H2,1-2H3/t21-,22+,28+/m1/s1. The third-order valence-corrected chi connectivity index (χ3v) is 6.88.